The van der Waals surface area contributed by atoms with Gasteiger partial charge < -0.3 is 5.32 Å². The van der Waals surface area contributed by atoms with E-state index < -0.39 is 11.2 Å². The molecule has 4 rings (SSSR count). The lowest BCUT2D eigenvalue weighted by Crippen LogP contribution is -2.37. The number of hydrogen-bond acceptors (Lipinski definition) is 6. The number of nitrogens with zero attached hydrogens (tertiary/aromatic N) is 6. The number of carbonyl (C=O) groups is 1. The number of imidazole rings is 1. The van der Waals surface area contributed by atoms with E-state index in [0.29, 0.717) is 11.4 Å². The van der Waals surface area contributed by atoms with Crippen molar-refractivity contribution in [1.82, 2.24) is 28.9 Å². The van der Waals surface area contributed by atoms with Crippen LogP contribution in [-0.2, 0) is 18.9 Å². The van der Waals surface area contributed by atoms with Crippen LogP contribution in [0.1, 0.15) is 6.92 Å². The van der Waals surface area contributed by atoms with Crippen molar-refractivity contribution in [2.45, 2.75) is 6.92 Å². The van der Waals surface area contributed by atoms with Gasteiger partial charge >= 0.3 is 5.69 Å². The third kappa shape index (κ3) is 3.00. The van der Waals surface area contributed by atoms with E-state index >= 15 is 0 Å². The van der Waals surface area contributed by atoms with Gasteiger partial charge in [0.05, 0.1) is 11.4 Å². The zero-order valence-corrected chi connectivity index (χ0v) is 15.9. The summed E-state index contributed by atoms with van der Waals surface area (Å²) in [6.45, 7) is 1.35. The van der Waals surface area contributed by atoms with E-state index in [9.17, 15) is 14.4 Å². The zero-order valence-electron chi connectivity index (χ0n) is 15.9. The van der Waals surface area contributed by atoms with E-state index in [0.717, 1.165) is 10.1 Å². The highest BCUT2D eigenvalue weighted by Crippen LogP contribution is 2.25. The molecular formula is C19H17N7O3. The molecule has 4 aromatic rings. The van der Waals surface area contributed by atoms with Gasteiger partial charge in [-0.2, -0.15) is 0 Å². The summed E-state index contributed by atoms with van der Waals surface area (Å²) in [4.78, 5) is 40.9. The molecule has 0 fully saturated rings. The highest BCUT2D eigenvalue weighted by Gasteiger charge is 2.19. The third-order valence-electron chi connectivity index (χ3n) is 4.54. The molecule has 0 saturated heterocycles. The predicted molar refractivity (Wildman–Crippen MR) is 107 cm³/mol. The molecule has 0 aliphatic heterocycles. The first kappa shape index (κ1) is 18.3. The number of benzene rings is 1. The number of nitrogens with one attached hydrogen (secondary N) is 1. The summed E-state index contributed by atoms with van der Waals surface area (Å²) in [6, 6.07) is 11.1. The molecular weight excluding hydrogens is 374 g/mol. The Balaban J connectivity index is 2.04. The van der Waals surface area contributed by atoms with Crippen LogP contribution >= 0.6 is 0 Å². The smallest absolute Gasteiger partial charge is 0.308 e. The summed E-state index contributed by atoms with van der Waals surface area (Å²) in [7, 11) is 2.94. The Morgan fingerprint density at radius 2 is 1.76 bits per heavy atom. The standard InChI is InChI=1S/C19H17N7O3/c1-11(27)21-16-14(9-13(22-23-16)12-7-5-4-6-8-12)26-10-20-17-15(26)18(28)25(3)19(29)24(17)2/h4-10H,1-3H3,(H,21,23,27). The molecule has 146 valence electrons. The Labute approximate surface area is 164 Å². The molecule has 3 aromatic heterocycles. The van der Waals surface area contributed by atoms with Crippen molar-refractivity contribution in [3.63, 3.8) is 0 Å². The molecule has 0 spiro atoms. The highest BCUT2D eigenvalue weighted by atomic mass is 16.2. The molecule has 1 N–H and O–H groups in total. The molecule has 1 amide bonds. The minimum Gasteiger partial charge on any atom is -0.308 e. The molecule has 10 nitrogen and oxygen atoms in total. The van der Waals surface area contributed by atoms with Crippen LogP contribution in [0.3, 0.4) is 0 Å². The fourth-order valence-corrected chi connectivity index (χ4v) is 3.10. The number of amides is 1. The van der Waals surface area contributed by atoms with Crippen molar-refractivity contribution in [1.29, 1.82) is 0 Å². The van der Waals surface area contributed by atoms with Crippen molar-refractivity contribution in [2.75, 3.05) is 5.32 Å². The lowest BCUT2D eigenvalue weighted by Gasteiger charge is -2.12. The van der Waals surface area contributed by atoms with Crippen LogP contribution < -0.4 is 16.6 Å². The average Bonchev–Trinajstić information content (AvgIpc) is 3.16. The fourth-order valence-electron chi connectivity index (χ4n) is 3.10. The second kappa shape index (κ2) is 6.82. The molecule has 10 heteroatoms. The zero-order chi connectivity index (χ0) is 20.7. The van der Waals surface area contributed by atoms with Gasteiger partial charge in [-0.25, -0.2) is 9.78 Å². The van der Waals surface area contributed by atoms with Crippen molar-refractivity contribution >= 4 is 22.9 Å². The molecule has 0 aliphatic carbocycles. The monoisotopic (exact) mass is 391 g/mol. The Hall–Kier alpha value is -4.08. The molecule has 0 unspecified atom stereocenters. The molecule has 0 saturated carbocycles. The van der Waals surface area contributed by atoms with Crippen LogP contribution in [0, 0.1) is 0 Å². The molecule has 0 bridgehead atoms. The molecule has 29 heavy (non-hydrogen) atoms. The highest BCUT2D eigenvalue weighted by molar-refractivity contribution is 5.90. The van der Waals surface area contributed by atoms with Gasteiger partial charge in [-0.15, -0.1) is 10.2 Å². The number of carbonyl (C=O) groups excluding carboxylic acids is 1. The predicted octanol–water partition coefficient (Wildman–Crippen LogP) is 0.838. The lowest BCUT2D eigenvalue weighted by atomic mass is 10.1. The minimum absolute atomic E-state index is 0.174. The van der Waals surface area contributed by atoms with Crippen LogP contribution in [0.5, 0.6) is 0 Å². The van der Waals surface area contributed by atoms with Crippen LogP contribution in [0.2, 0.25) is 0 Å². The van der Waals surface area contributed by atoms with Gasteiger partial charge in [0, 0.05) is 26.6 Å². The first-order valence-corrected chi connectivity index (χ1v) is 8.72. The van der Waals surface area contributed by atoms with Gasteiger partial charge in [-0.1, -0.05) is 30.3 Å². The van der Waals surface area contributed by atoms with Crippen molar-refractivity contribution in [3.8, 4) is 16.9 Å². The molecule has 3 heterocycles. The molecule has 0 radical (unpaired) electrons. The number of aryl methyl sites for hydroxylation is 1. The van der Waals surface area contributed by atoms with E-state index in [1.165, 1.54) is 36.5 Å². The van der Waals surface area contributed by atoms with E-state index in [-0.39, 0.29) is 22.9 Å². The molecule has 1 aromatic carbocycles. The lowest BCUT2D eigenvalue weighted by molar-refractivity contribution is -0.114. The summed E-state index contributed by atoms with van der Waals surface area (Å²) in [5.41, 5.74) is 1.21. The third-order valence-corrected chi connectivity index (χ3v) is 4.54. The summed E-state index contributed by atoms with van der Waals surface area (Å²) >= 11 is 0. The van der Waals surface area contributed by atoms with Gasteiger partial charge in [0.2, 0.25) is 5.91 Å². The number of fused-ring (bicyclic) bond motifs is 1. The average molecular weight is 391 g/mol. The number of hydrogen-bond donors (Lipinski definition) is 1. The quantitative estimate of drug-likeness (QED) is 0.553. The number of rotatable bonds is 3. The first-order chi connectivity index (χ1) is 13.9. The van der Waals surface area contributed by atoms with Crippen LogP contribution in [0.15, 0.2) is 52.3 Å². The maximum Gasteiger partial charge on any atom is 0.332 e. The summed E-state index contributed by atoms with van der Waals surface area (Å²) in [5.74, 6) is -0.162. The number of aromatic nitrogens is 6. The van der Waals surface area contributed by atoms with Gasteiger partial charge in [-0.3, -0.25) is 23.3 Å². The van der Waals surface area contributed by atoms with Crippen molar-refractivity contribution in [2.24, 2.45) is 14.1 Å². The second-order valence-corrected chi connectivity index (χ2v) is 6.50. The molecule has 0 atom stereocenters. The Morgan fingerprint density at radius 1 is 1.03 bits per heavy atom. The largest absolute Gasteiger partial charge is 0.332 e. The maximum absolute atomic E-state index is 12.8. The van der Waals surface area contributed by atoms with Gasteiger partial charge in [0.25, 0.3) is 5.56 Å². The van der Waals surface area contributed by atoms with Gasteiger partial charge in [0.15, 0.2) is 17.0 Å². The van der Waals surface area contributed by atoms with E-state index in [1.807, 2.05) is 30.3 Å². The van der Waals surface area contributed by atoms with Crippen LogP contribution in [0.25, 0.3) is 28.1 Å². The summed E-state index contributed by atoms with van der Waals surface area (Å²) < 4.78 is 3.80. The van der Waals surface area contributed by atoms with Crippen LogP contribution in [-0.4, -0.2) is 34.8 Å². The summed E-state index contributed by atoms with van der Waals surface area (Å²) in [5, 5.41) is 11.0. The van der Waals surface area contributed by atoms with Gasteiger partial charge in [0.1, 0.15) is 6.33 Å². The maximum atomic E-state index is 12.8. The second-order valence-electron chi connectivity index (χ2n) is 6.50. The Morgan fingerprint density at radius 3 is 2.45 bits per heavy atom. The van der Waals surface area contributed by atoms with E-state index in [4.69, 9.17) is 0 Å². The van der Waals surface area contributed by atoms with E-state index in [2.05, 4.69) is 20.5 Å². The Kier molecular flexibility index (Phi) is 4.30. The van der Waals surface area contributed by atoms with Gasteiger partial charge in [-0.05, 0) is 6.07 Å². The number of anilines is 1. The fraction of sp³-hybridized carbons (Fsp3) is 0.158. The minimum atomic E-state index is -0.507. The summed E-state index contributed by atoms with van der Waals surface area (Å²) in [6.07, 6.45) is 1.42. The van der Waals surface area contributed by atoms with Crippen molar-refractivity contribution < 1.29 is 4.79 Å². The SMILES string of the molecule is CC(=O)Nc1nnc(-c2ccccc2)cc1-n1cnc2c1c(=O)n(C)c(=O)n2C. The first-order valence-electron chi connectivity index (χ1n) is 8.72. The van der Waals surface area contributed by atoms with Crippen LogP contribution in [0.4, 0.5) is 5.82 Å². The topological polar surface area (TPSA) is 117 Å². The molecule has 0 aliphatic rings. The Bertz CT molecular complexity index is 1370. The van der Waals surface area contributed by atoms with E-state index in [1.54, 1.807) is 6.07 Å². The van der Waals surface area contributed by atoms with Crippen molar-refractivity contribution in [3.05, 3.63) is 63.6 Å². The normalized spacial score (nSPS) is 11.0.